The zero-order chi connectivity index (χ0) is 12.0. The summed E-state index contributed by atoms with van der Waals surface area (Å²) in [6.07, 6.45) is 5.35. The van der Waals surface area contributed by atoms with Crippen LogP contribution in [0.5, 0.6) is 0 Å². The lowest BCUT2D eigenvalue weighted by atomic mass is 9.77. The van der Waals surface area contributed by atoms with E-state index in [1.165, 1.54) is 0 Å². The minimum Gasteiger partial charge on any atom is -0.396 e. The maximum Gasteiger partial charge on any atom is 0.0576 e. The van der Waals surface area contributed by atoms with E-state index in [9.17, 15) is 10.2 Å². The van der Waals surface area contributed by atoms with Crippen LogP contribution >= 0.6 is 0 Å². The number of aliphatic hydroxyl groups is 2. The van der Waals surface area contributed by atoms with Gasteiger partial charge in [0.1, 0.15) is 0 Å². The number of hydrogen-bond donors (Lipinski definition) is 2. The molecule has 1 unspecified atom stereocenters. The van der Waals surface area contributed by atoms with E-state index in [1.807, 2.05) is 0 Å². The van der Waals surface area contributed by atoms with Gasteiger partial charge in [-0.25, -0.2) is 0 Å². The number of aliphatic hydroxyl groups excluding tert-OH is 2. The molecule has 0 spiro atoms. The second-order valence-corrected chi connectivity index (χ2v) is 5.59. The molecule has 1 fully saturated rings. The van der Waals surface area contributed by atoms with Crippen LogP contribution in [0.2, 0.25) is 0 Å². The molecule has 1 rings (SSSR count). The fourth-order valence-corrected chi connectivity index (χ4v) is 2.64. The first-order valence-corrected chi connectivity index (χ1v) is 6.45. The van der Waals surface area contributed by atoms with Gasteiger partial charge < -0.3 is 14.9 Å². The lowest BCUT2D eigenvalue weighted by Crippen LogP contribution is -2.32. The summed E-state index contributed by atoms with van der Waals surface area (Å²) in [4.78, 5) is 0. The average Bonchev–Trinajstić information content (AvgIpc) is 2.77. The molecule has 1 aliphatic heterocycles. The highest BCUT2D eigenvalue weighted by Gasteiger charge is 2.31. The van der Waals surface area contributed by atoms with Gasteiger partial charge in [-0.15, -0.1) is 0 Å². The first-order chi connectivity index (χ1) is 7.62. The van der Waals surface area contributed by atoms with Crippen molar-refractivity contribution in [3.05, 3.63) is 0 Å². The van der Waals surface area contributed by atoms with Crippen LogP contribution in [0, 0.1) is 11.3 Å². The van der Waals surface area contributed by atoms with Gasteiger partial charge in [0.2, 0.25) is 0 Å². The number of ether oxygens (including phenoxy) is 1. The van der Waals surface area contributed by atoms with Crippen molar-refractivity contribution in [1.29, 1.82) is 0 Å². The van der Waals surface area contributed by atoms with E-state index in [0.29, 0.717) is 12.0 Å². The molecule has 1 aliphatic rings. The van der Waals surface area contributed by atoms with Crippen molar-refractivity contribution in [2.24, 2.45) is 11.3 Å². The van der Waals surface area contributed by atoms with E-state index in [2.05, 4.69) is 13.8 Å². The average molecular weight is 230 g/mol. The zero-order valence-electron chi connectivity index (χ0n) is 10.6. The summed E-state index contributed by atoms with van der Waals surface area (Å²) in [5.41, 5.74) is -0.305. The van der Waals surface area contributed by atoms with Gasteiger partial charge in [-0.3, -0.25) is 0 Å². The van der Waals surface area contributed by atoms with Gasteiger partial charge in [0, 0.05) is 12.0 Å². The zero-order valence-corrected chi connectivity index (χ0v) is 10.6. The van der Waals surface area contributed by atoms with Crippen LogP contribution < -0.4 is 0 Å². The molecule has 0 saturated carbocycles. The van der Waals surface area contributed by atoms with Crippen LogP contribution in [-0.2, 0) is 4.74 Å². The minimum atomic E-state index is -0.305. The normalized spacial score (nSPS) is 21.9. The highest BCUT2D eigenvalue weighted by molar-refractivity contribution is 4.81. The predicted octanol–water partition coefficient (Wildman–Crippen LogP) is 1.96. The summed E-state index contributed by atoms with van der Waals surface area (Å²) in [6.45, 7) is 5.29. The highest BCUT2D eigenvalue weighted by atomic mass is 16.5. The molecule has 0 aromatic rings. The van der Waals surface area contributed by atoms with Gasteiger partial charge in [0.15, 0.2) is 0 Å². The summed E-state index contributed by atoms with van der Waals surface area (Å²) < 4.78 is 5.58. The lowest BCUT2D eigenvalue weighted by molar-refractivity contribution is 0.0121. The van der Waals surface area contributed by atoms with Crippen molar-refractivity contribution in [3.8, 4) is 0 Å². The maximum atomic E-state index is 9.50. The van der Waals surface area contributed by atoms with Crippen LogP contribution in [0.15, 0.2) is 0 Å². The van der Waals surface area contributed by atoms with E-state index >= 15 is 0 Å². The van der Waals surface area contributed by atoms with Crippen molar-refractivity contribution in [3.63, 3.8) is 0 Å². The Kier molecular flexibility index (Phi) is 5.73. The topological polar surface area (TPSA) is 49.7 Å². The van der Waals surface area contributed by atoms with Crippen molar-refractivity contribution in [2.75, 3.05) is 19.8 Å². The molecule has 3 heteroatoms. The van der Waals surface area contributed by atoms with E-state index in [-0.39, 0.29) is 18.6 Å². The summed E-state index contributed by atoms with van der Waals surface area (Å²) in [5, 5.41) is 19.0. The molecule has 2 N–H and O–H groups in total. The maximum absolute atomic E-state index is 9.50. The van der Waals surface area contributed by atoms with Crippen molar-refractivity contribution in [2.45, 2.75) is 52.1 Å². The van der Waals surface area contributed by atoms with Gasteiger partial charge in [-0.05, 0) is 38.0 Å². The Morgan fingerprint density at radius 3 is 2.44 bits per heavy atom. The second-order valence-electron chi connectivity index (χ2n) is 5.59. The fraction of sp³-hybridized carbons (Fsp3) is 1.00. The molecule has 16 heavy (non-hydrogen) atoms. The lowest BCUT2D eigenvalue weighted by Gasteiger charge is -2.32. The summed E-state index contributed by atoms with van der Waals surface area (Å²) in [7, 11) is 0. The quantitative estimate of drug-likeness (QED) is 0.703. The Balaban J connectivity index is 2.41. The smallest absolute Gasteiger partial charge is 0.0576 e. The second kappa shape index (κ2) is 6.58. The molecule has 0 radical (unpaired) electrons. The molecular formula is C13H26O3. The van der Waals surface area contributed by atoms with Crippen LogP contribution in [0.4, 0.5) is 0 Å². The van der Waals surface area contributed by atoms with Crippen molar-refractivity contribution in [1.82, 2.24) is 0 Å². The summed E-state index contributed by atoms with van der Waals surface area (Å²) in [5.74, 6) is 0.504. The van der Waals surface area contributed by atoms with E-state index in [1.54, 1.807) is 0 Å². The van der Waals surface area contributed by atoms with Crippen LogP contribution in [0.25, 0.3) is 0 Å². The van der Waals surface area contributed by atoms with E-state index < -0.39 is 0 Å². The Morgan fingerprint density at radius 2 is 2.00 bits per heavy atom. The molecule has 1 atom stereocenters. The largest absolute Gasteiger partial charge is 0.396 e. The molecule has 3 nitrogen and oxygen atoms in total. The standard InChI is InChI=1S/C13H26O3/c1-11(2)8-13(9-14,10-15)6-5-12-4-3-7-16-12/h11-12,14-15H,3-10H2,1-2H3. The summed E-state index contributed by atoms with van der Waals surface area (Å²) in [6, 6.07) is 0. The van der Waals surface area contributed by atoms with Crippen LogP contribution in [-0.4, -0.2) is 36.1 Å². The molecule has 1 saturated heterocycles. The van der Waals surface area contributed by atoms with Gasteiger partial charge in [-0.1, -0.05) is 13.8 Å². The van der Waals surface area contributed by atoms with Crippen LogP contribution in [0.3, 0.4) is 0 Å². The van der Waals surface area contributed by atoms with Gasteiger partial charge in [-0.2, -0.15) is 0 Å². The van der Waals surface area contributed by atoms with E-state index in [4.69, 9.17) is 4.74 Å². The number of rotatable bonds is 7. The number of hydrogen-bond acceptors (Lipinski definition) is 3. The molecule has 1 heterocycles. The third-order valence-electron chi connectivity index (χ3n) is 3.53. The molecule has 0 aromatic carbocycles. The third kappa shape index (κ3) is 4.04. The van der Waals surface area contributed by atoms with Crippen molar-refractivity contribution < 1.29 is 14.9 Å². The first kappa shape index (κ1) is 13.9. The molecule has 96 valence electrons. The van der Waals surface area contributed by atoms with Gasteiger partial charge in [0.25, 0.3) is 0 Å². The molecule has 0 amide bonds. The molecule has 0 bridgehead atoms. The minimum absolute atomic E-state index is 0.0778. The molecular weight excluding hydrogens is 204 g/mol. The predicted molar refractivity (Wildman–Crippen MR) is 64.3 cm³/mol. The molecule has 0 aliphatic carbocycles. The first-order valence-electron chi connectivity index (χ1n) is 6.45. The Labute approximate surface area is 98.8 Å². The van der Waals surface area contributed by atoms with Gasteiger partial charge >= 0.3 is 0 Å². The van der Waals surface area contributed by atoms with Crippen molar-refractivity contribution >= 4 is 0 Å². The fourth-order valence-electron chi connectivity index (χ4n) is 2.64. The van der Waals surface area contributed by atoms with E-state index in [0.717, 1.165) is 38.7 Å². The highest BCUT2D eigenvalue weighted by Crippen LogP contribution is 2.33. The Morgan fingerprint density at radius 1 is 1.31 bits per heavy atom. The molecule has 0 aromatic heterocycles. The Bertz CT molecular complexity index is 182. The van der Waals surface area contributed by atoms with Gasteiger partial charge in [0.05, 0.1) is 19.3 Å². The third-order valence-corrected chi connectivity index (χ3v) is 3.53. The SMILES string of the molecule is CC(C)CC(CO)(CO)CCC1CCCO1. The van der Waals surface area contributed by atoms with Crippen LogP contribution in [0.1, 0.15) is 46.0 Å². The monoisotopic (exact) mass is 230 g/mol. The summed E-state index contributed by atoms with van der Waals surface area (Å²) >= 11 is 0. The Hall–Kier alpha value is -0.120.